The summed E-state index contributed by atoms with van der Waals surface area (Å²) in [6.45, 7) is 5.39. The summed E-state index contributed by atoms with van der Waals surface area (Å²) in [4.78, 5) is 4.35. The summed E-state index contributed by atoms with van der Waals surface area (Å²) < 4.78 is 14.6. The van der Waals surface area contributed by atoms with Crippen LogP contribution in [0.5, 0.6) is 0 Å². The zero-order valence-corrected chi connectivity index (χ0v) is 9.49. The van der Waals surface area contributed by atoms with Gasteiger partial charge in [0.1, 0.15) is 0 Å². The molecule has 0 aromatic carbocycles. The van der Waals surface area contributed by atoms with Crippen molar-refractivity contribution in [2.45, 2.75) is 26.4 Å². The van der Waals surface area contributed by atoms with E-state index in [0.717, 1.165) is 11.3 Å². The molecule has 5 heteroatoms. The maximum Gasteiger partial charge on any atom is 0.180 e. The molecule has 0 bridgehead atoms. The third kappa shape index (κ3) is 1.74. The van der Waals surface area contributed by atoms with E-state index in [1.165, 1.54) is 6.20 Å². The molecule has 1 atom stereocenters. The molecule has 0 spiro atoms. The van der Waals surface area contributed by atoms with Gasteiger partial charge in [-0.15, -0.1) is 0 Å². The molecule has 3 nitrogen and oxygen atoms in total. The Hall–Kier alpha value is -0.680. The molecule has 0 fully saturated rings. The average Bonchev–Trinajstić information content (AvgIpc) is 2.48. The quantitative estimate of drug-likeness (QED) is 0.795. The van der Waals surface area contributed by atoms with E-state index in [0.29, 0.717) is 10.0 Å². The lowest BCUT2D eigenvalue weighted by molar-refractivity contribution is 0.0378. The Morgan fingerprint density at radius 2 is 2.07 bits per heavy atom. The van der Waals surface area contributed by atoms with Crippen molar-refractivity contribution < 1.29 is 4.39 Å². The van der Waals surface area contributed by atoms with Crippen LogP contribution in [0.15, 0.2) is 6.20 Å². The van der Waals surface area contributed by atoms with Gasteiger partial charge in [-0.1, -0.05) is 32.1 Å². The number of rotatable bonds is 2. The molecule has 1 aromatic rings. The molecule has 0 amide bonds. The number of hydrogen-bond donors (Lipinski definition) is 2. The fourth-order valence-corrected chi connectivity index (χ4v) is 2.23. The Labute approximate surface area is 87.3 Å². The highest BCUT2D eigenvalue weighted by Crippen LogP contribution is 2.44. The molecule has 0 aliphatic rings. The molecule has 80 valence electrons. The molecular weight excluding hydrogens is 201 g/mol. The Morgan fingerprint density at radius 1 is 1.50 bits per heavy atom. The lowest BCUT2D eigenvalue weighted by Crippen LogP contribution is -2.41. The molecule has 4 N–H and O–H groups in total. The van der Waals surface area contributed by atoms with Crippen molar-refractivity contribution >= 4 is 16.5 Å². The van der Waals surface area contributed by atoms with E-state index in [2.05, 4.69) is 4.98 Å². The second-order valence-electron chi connectivity index (χ2n) is 4.32. The number of nitrogen functional groups attached to an aromatic ring is 1. The second kappa shape index (κ2) is 3.47. The number of aromatic nitrogens is 1. The Balaban J connectivity index is 3.14. The van der Waals surface area contributed by atoms with Gasteiger partial charge in [-0.05, 0) is 0 Å². The molecule has 1 heterocycles. The first kappa shape index (κ1) is 11.4. The summed E-state index contributed by atoms with van der Waals surface area (Å²) in [7, 11) is 0. The standard InChI is InChI=1S/C9H16FN3S/c1-8(2,3)9(10,5-11)6-4-13-7(12)14-6/h4H,5,11H2,1-3H3,(H2,12,13). The first-order valence-electron chi connectivity index (χ1n) is 4.42. The zero-order valence-electron chi connectivity index (χ0n) is 8.67. The van der Waals surface area contributed by atoms with Gasteiger partial charge in [0.25, 0.3) is 0 Å². The van der Waals surface area contributed by atoms with Crippen molar-refractivity contribution in [1.29, 1.82) is 0 Å². The zero-order chi connectivity index (χ0) is 11.0. The molecule has 0 saturated carbocycles. The van der Waals surface area contributed by atoms with E-state index in [-0.39, 0.29) is 6.54 Å². The third-order valence-corrected chi connectivity index (χ3v) is 3.35. The first-order chi connectivity index (χ1) is 6.31. The van der Waals surface area contributed by atoms with Crippen molar-refractivity contribution in [3.8, 4) is 0 Å². The van der Waals surface area contributed by atoms with Gasteiger partial charge in [0.2, 0.25) is 0 Å². The van der Waals surface area contributed by atoms with E-state index >= 15 is 0 Å². The van der Waals surface area contributed by atoms with Crippen LogP contribution in [0.3, 0.4) is 0 Å². The number of thiazole rings is 1. The fraction of sp³-hybridized carbons (Fsp3) is 0.667. The molecule has 1 rings (SSSR count). The summed E-state index contributed by atoms with van der Waals surface area (Å²) >= 11 is 1.16. The number of nitrogens with zero attached hydrogens (tertiary/aromatic N) is 1. The van der Waals surface area contributed by atoms with E-state index in [1.54, 1.807) is 0 Å². The van der Waals surface area contributed by atoms with Crippen LogP contribution in [0.4, 0.5) is 9.52 Å². The van der Waals surface area contributed by atoms with E-state index in [9.17, 15) is 4.39 Å². The summed E-state index contributed by atoms with van der Waals surface area (Å²) in [6, 6.07) is 0. The lowest BCUT2D eigenvalue weighted by Gasteiger charge is -2.35. The summed E-state index contributed by atoms with van der Waals surface area (Å²) in [6.07, 6.45) is 1.47. The van der Waals surface area contributed by atoms with Crippen LogP contribution in [-0.4, -0.2) is 11.5 Å². The SMILES string of the molecule is CC(C)(C)C(F)(CN)c1cnc(N)s1. The molecule has 1 aromatic heterocycles. The second-order valence-corrected chi connectivity index (χ2v) is 5.38. The van der Waals surface area contributed by atoms with Crippen LogP contribution in [0.1, 0.15) is 25.6 Å². The topological polar surface area (TPSA) is 64.9 Å². The molecule has 0 radical (unpaired) electrons. The van der Waals surface area contributed by atoms with Crippen LogP contribution in [0.25, 0.3) is 0 Å². The van der Waals surface area contributed by atoms with Gasteiger partial charge in [0.15, 0.2) is 10.8 Å². The monoisotopic (exact) mass is 217 g/mol. The minimum atomic E-state index is -1.55. The molecular formula is C9H16FN3S. The Kier molecular flexibility index (Phi) is 2.83. The van der Waals surface area contributed by atoms with Gasteiger partial charge in [0, 0.05) is 18.2 Å². The Bertz CT molecular complexity index is 318. The van der Waals surface area contributed by atoms with Gasteiger partial charge in [0.05, 0.1) is 4.88 Å². The third-order valence-electron chi connectivity index (χ3n) is 2.38. The number of alkyl halides is 1. The van der Waals surface area contributed by atoms with Crippen molar-refractivity contribution in [3.05, 3.63) is 11.1 Å². The average molecular weight is 217 g/mol. The van der Waals surface area contributed by atoms with E-state index in [1.807, 2.05) is 20.8 Å². The van der Waals surface area contributed by atoms with Crippen LogP contribution in [0, 0.1) is 5.41 Å². The maximum absolute atomic E-state index is 14.6. The van der Waals surface area contributed by atoms with Crippen molar-refractivity contribution in [2.75, 3.05) is 12.3 Å². The molecule has 14 heavy (non-hydrogen) atoms. The normalized spacial score (nSPS) is 16.6. The smallest absolute Gasteiger partial charge is 0.180 e. The molecule has 1 unspecified atom stereocenters. The van der Waals surface area contributed by atoms with Crippen LogP contribution in [-0.2, 0) is 5.67 Å². The first-order valence-corrected chi connectivity index (χ1v) is 5.23. The summed E-state index contributed by atoms with van der Waals surface area (Å²) in [5.74, 6) is 0. The number of nitrogens with two attached hydrogens (primary N) is 2. The van der Waals surface area contributed by atoms with Crippen molar-refractivity contribution in [3.63, 3.8) is 0 Å². The minimum absolute atomic E-state index is 0.0574. The highest BCUT2D eigenvalue weighted by atomic mass is 32.1. The highest BCUT2D eigenvalue weighted by Gasteiger charge is 2.44. The predicted octanol–water partition coefficient (Wildman–Crippen LogP) is 1.89. The molecule has 0 saturated heterocycles. The number of hydrogen-bond acceptors (Lipinski definition) is 4. The lowest BCUT2D eigenvalue weighted by atomic mass is 9.77. The van der Waals surface area contributed by atoms with Gasteiger partial charge in [-0.25, -0.2) is 9.37 Å². The molecule has 0 aliphatic heterocycles. The van der Waals surface area contributed by atoms with E-state index < -0.39 is 11.1 Å². The number of anilines is 1. The predicted molar refractivity (Wildman–Crippen MR) is 57.8 cm³/mol. The molecule has 0 aliphatic carbocycles. The van der Waals surface area contributed by atoms with Crippen LogP contribution >= 0.6 is 11.3 Å². The summed E-state index contributed by atoms with van der Waals surface area (Å²) in [5, 5.41) is 0.375. The number of halogens is 1. The summed E-state index contributed by atoms with van der Waals surface area (Å²) in [5.41, 5.74) is 8.86. The van der Waals surface area contributed by atoms with Gasteiger partial charge in [-0.3, -0.25) is 0 Å². The van der Waals surface area contributed by atoms with Crippen molar-refractivity contribution in [1.82, 2.24) is 4.98 Å². The maximum atomic E-state index is 14.6. The van der Waals surface area contributed by atoms with Crippen LogP contribution in [0.2, 0.25) is 0 Å². The highest BCUT2D eigenvalue weighted by molar-refractivity contribution is 7.15. The van der Waals surface area contributed by atoms with Gasteiger partial charge in [-0.2, -0.15) is 0 Å². The largest absolute Gasteiger partial charge is 0.375 e. The van der Waals surface area contributed by atoms with Gasteiger partial charge >= 0.3 is 0 Å². The van der Waals surface area contributed by atoms with Gasteiger partial charge < -0.3 is 11.5 Å². The Morgan fingerprint density at radius 3 is 2.36 bits per heavy atom. The van der Waals surface area contributed by atoms with Crippen LogP contribution < -0.4 is 11.5 Å². The van der Waals surface area contributed by atoms with Crippen molar-refractivity contribution in [2.24, 2.45) is 11.1 Å². The minimum Gasteiger partial charge on any atom is -0.375 e. The fourth-order valence-electron chi connectivity index (χ4n) is 1.25. The van der Waals surface area contributed by atoms with E-state index in [4.69, 9.17) is 11.5 Å².